The minimum atomic E-state index is -0.106. The lowest BCUT2D eigenvalue weighted by Gasteiger charge is -2.10. The Morgan fingerprint density at radius 2 is 1.96 bits per heavy atom. The van der Waals surface area contributed by atoms with Crippen LogP contribution in [0.15, 0.2) is 36.5 Å². The van der Waals surface area contributed by atoms with Crippen LogP contribution in [0.25, 0.3) is 5.65 Å². The van der Waals surface area contributed by atoms with E-state index in [1.54, 1.807) is 14.2 Å². The van der Waals surface area contributed by atoms with Crippen LogP contribution in [0.3, 0.4) is 0 Å². The van der Waals surface area contributed by atoms with Gasteiger partial charge in [-0.05, 0) is 49.1 Å². The molecule has 0 aliphatic carbocycles. The largest absolute Gasteiger partial charge is 0.493 e. The second-order valence-corrected chi connectivity index (χ2v) is 6.34. The second-order valence-electron chi connectivity index (χ2n) is 6.34. The highest BCUT2D eigenvalue weighted by molar-refractivity contribution is 5.94. The molecule has 1 amide bonds. The topological polar surface area (TPSA) is 64.9 Å². The van der Waals surface area contributed by atoms with Crippen LogP contribution in [-0.2, 0) is 12.8 Å². The molecule has 0 atom stereocenters. The van der Waals surface area contributed by atoms with Gasteiger partial charge in [-0.3, -0.25) is 9.20 Å². The number of hydrogen-bond donors (Lipinski definition) is 1. The van der Waals surface area contributed by atoms with Gasteiger partial charge in [0.05, 0.1) is 19.9 Å². The predicted molar refractivity (Wildman–Crippen MR) is 105 cm³/mol. The summed E-state index contributed by atoms with van der Waals surface area (Å²) in [7, 11) is 3.23. The molecule has 0 saturated carbocycles. The van der Waals surface area contributed by atoms with Crippen LogP contribution >= 0.6 is 0 Å². The van der Waals surface area contributed by atoms with Crippen LogP contribution in [0.1, 0.15) is 34.2 Å². The first-order valence-electron chi connectivity index (χ1n) is 9.04. The Morgan fingerprint density at radius 1 is 1.19 bits per heavy atom. The first kappa shape index (κ1) is 18.8. The number of fused-ring (bicyclic) bond motifs is 1. The van der Waals surface area contributed by atoms with E-state index in [4.69, 9.17) is 9.47 Å². The molecule has 3 aromatic rings. The molecule has 1 aromatic carbocycles. The van der Waals surface area contributed by atoms with Gasteiger partial charge in [0.25, 0.3) is 5.91 Å². The molecule has 142 valence electrons. The summed E-state index contributed by atoms with van der Waals surface area (Å²) >= 11 is 0. The van der Waals surface area contributed by atoms with Gasteiger partial charge >= 0.3 is 0 Å². The first-order chi connectivity index (χ1) is 13.1. The highest BCUT2D eigenvalue weighted by Gasteiger charge is 2.18. The molecule has 2 heterocycles. The maximum atomic E-state index is 12.8. The molecule has 0 unspecified atom stereocenters. The molecule has 0 fully saturated rings. The molecule has 0 radical (unpaired) electrons. The van der Waals surface area contributed by atoms with Gasteiger partial charge in [0.15, 0.2) is 11.5 Å². The van der Waals surface area contributed by atoms with Crippen LogP contribution in [-0.4, -0.2) is 36.1 Å². The number of aryl methyl sites for hydroxylation is 2. The predicted octanol–water partition coefficient (Wildman–Crippen LogP) is 3.19. The van der Waals surface area contributed by atoms with Gasteiger partial charge in [0, 0.05) is 12.7 Å². The Labute approximate surface area is 159 Å². The lowest BCUT2D eigenvalue weighted by atomic mass is 10.1. The molecular weight excluding hydrogens is 342 g/mol. The Bertz CT molecular complexity index is 963. The summed E-state index contributed by atoms with van der Waals surface area (Å²) in [5, 5.41) is 3.01. The lowest BCUT2D eigenvalue weighted by Crippen LogP contribution is -2.27. The summed E-state index contributed by atoms with van der Waals surface area (Å²) in [5.41, 5.74) is 4.38. The highest BCUT2D eigenvalue weighted by Crippen LogP contribution is 2.27. The fourth-order valence-corrected chi connectivity index (χ4v) is 3.18. The number of pyridine rings is 1. The van der Waals surface area contributed by atoms with Crippen LogP contribution in [0.4, 0.5) is 0 Å². The van der Waals surface area contributed by atoms with Crippen molar-refractivity contribution >= 4 is 11.6 Å². The van der Waals surface area contributed by atoms with E-state index in [0.717, 1.165) is 22.5 Å². The SMILES string of the molecule is CCc1nc2c(C)cccn2c1C(=O)NCCc1ccc(OC)c(OC)c1. The number of hydrogen-bond acceptors (Lipinski definition) is 4. The molecule has 6 heteroatoms. The molecular formula is C21H25N3O3. The quantitative estimate of drug-likeness (QED) is 0.696. The number of nitrogens with one attached hydrogen (secondary N) is 1. The number of aromatic nitrogens is 2. The van der Waals surface area contributed by atoms with E-state index in [2.05, 4.69) is 10.3 Å². The van der Waals surface area contributed by atoms with Gasteiger partial charge in [0.1, 0.15) is 11.3 Å². The van der Waals surface area contributed by atoms with Crippen molar-refractivity contribution < 1.29 is 14.3 Å². The van der Waals surface area contributed by atoms with Gasteiger partial charge in [-0.2, -0.15) is 0 Å². The normalized spacial score (nSPS) is 10.8. The fourth-order valence-electron chi connectivity index (χ4n) is 3.18. The number of methoxy groups -OCH3 is 2. The lowest BCUT2D eigenvalue weighted by molar-refractivity contribution is 0.0947. The number of imidazole rings is 1. The number of nitrogens with zero attached hydrogens (tertiary/aromatic N) is 2. The number of rotatable bonds is 7. The zero-order chi connectivity index (χ0) is 19.4. The molecule has 0 bridgehead atoms. The Morgan fingerprint density at radius 3 is 2.67 bits per heavy atom. The molecule has 6 nitrogen and oxygen atoms in total. The molecule has 2 aromatic heterocycles. The van der Waals surface area contributed by atoms with Gasteiger partial charge in [-0.15, -0.1) is 0 Å². The van der Waals surface area contributed by atoms with Crippen molar-refractivity contribution in [2.24, 2.45) is 0 Å². The van der Waals surface area contributed by atoms with E-state index >= 15 is 0 Å². The summed E-state index contributed by atoms with van der Waals surface area (Å²) in [6, 6.07) is 9.71. The van der Waals surface area contributed by atoms with Crippen molar-refractivity contribution in [2.45, 2.75) is 26.7 Å². The molecule has 0 spiro atoms. The monoisotopic (exact) mass is 367 g/mol. The number of carbonyl (C=O) groups is 1. The average Bonchev–Trinajstić information content (AvgIpc) is 3.08. The Hall–Kier alpha value is -3.02. The van der Waals surface area contributed by atoms with Crippen molar-refractivity contribution in [3.05, 3.63) is 59.0 Å². The molecule has 0 aliphatic heterocycles. The third-order valence-electron chi connectivity index (χ3n) is 4.61. The molecule has 0 aliphatic rings. The summed E-state index contributed by atoms with van der Waals surface area (Å²) in [4.78, 5) is 17.4. The minimum Gasteiger partial charge on any atom is -0.493 e. The Kier molecular flexibility index (Phi) is 5.64. The number of carbonyl (C=O) groups excluding carboxylic acids is 1. The van der Waals surface area contributed by atoms with E-state index in [1.807, 2.05) is 54.8 Å². The summed E-state index contributed by atoms with van der Waals surface area (Å²) in [6.45, 7) is 4.54. The molecule has 1 N–H and O–H groups in total. The standard InChI is InChI=1S/C21H25N3O3/c1-5-16-19(24-12-6-7-14(2)20(24)23-16)21(25)22-11-10-15-8-9-17(26-3)18(13-15)27-4/h6-9,12-13H,5,10-11H2,1-4H3,(H,22,25). The maximum absolute atomic E-state index is 12.8. The summed E-state index contributed by atoms with van der Waals surface area (Å²) in [6.07, 6.45) is 3.29. The van der Waals surface area contributed by atoms with Crippen molar-refractivity contribution in [1.82, 2.24) is 14.7 Å². The van der Waals surface area contributed by atoms with Gasteiger partial charge in [-0.1, -0.05) is 19.1 Å². The first-order valence-corrected chi connectivity index (χ1v) is 9.04. The number of amides is 1. The second kappa shape index (κ2) is 8.12. The summed E-state index contributed by atoms with van der Waals surface area (Å²) < 4.78 is 12.5. The smallest absolute Gasteiger partial charge is 0.270 e. The van der Waals surface area contributed by atoms with Crippen molar-refractivity contribution in [2.75, 3.05) is 20.8 Å². The van der Waals surface area contributed by atoms with Crippen LogP contribution in [0, 0.1) is 6.92 Å². The van der Waals surface area contributed by atoms with Crippen molar-refractivity contribution in [1.29, 1.82) is 0 Å². The Balaban J connectivity index is 1.73. The van der Waals surface area contributed by atoms with E-state index in [1.165, 1.54) is 0 Å². The van der Waals surface area contributed by atoms with E-state index in [0.29, 0.717) is 36.6 Å². The average molecular weight is 367 g/mol. The maximum Gasteiger partial charge on any atom is 0.270 e. The van der Waals surface area contributed by atoms with Crippen LogP contribution < -0.4 is 14.8 Å². The van der Waals surface area contributed by atoms with E-state index in [-0.39, 0.29) is 5.91 Å². The number of ether oxygens (including phenoxy) is 2. The van der Waals surface area contributed by atoms with Crippen LogP contribution in [0.2, 0.25) is 0 Å². The molecule has 27 heavy (non-hydrogen) atoms. The van der Waals surface area contributed by atoms with Gasteiger partial charge < -0.3 is 14.8 Å². The number of benzene rings is 1. The van der Waals surface area contributed by atoms with Gasteiger partial charge in [-0.25, -0.2) is 4.98 Å². The zero-order valence-electron chi connectivity index (χ0n) is 16.2. The fraction of sp³-hybridized carbons (Fsp3) is 0.333. The highest BCUT2D eigenvalue weighted by atomic mass is 16.5. The zero-order valence-corrected chi connectivity index (χ0v) is 16.2. The third kappa shape index (κ3) is 3.74. The van der Waals surface area contributed by atoms with Crippen LogP contribution in [0.5, 0.6) is 11.5 Å². The van der Waals surface area contributed by atoms with Gasteiger partial charge in [0.2, 0.25) is 0 Å². The minimum absolute atomic E-state index is 0.106. The molecule has 0 saturated heterocycles. The molecule has 3 rings (SSSR count). The van der Waals surface area contributed by atoms with E-state index in [9.17, 15) is 4.79 Å². The third-order valence-corrected chi connectivity index (χ3v) is 4.61. The van der Waals surface area contributed by atoms with Crippen molar-refractivity contribution in [3.8, 4) is 11.5 Å². The van der Waals surface area contributed by atoms with E-state index < -0.39 is 0 Å². The summed E-state index contributed by atoms with van der Waals surface area (Å²) in [5.74, 6) is 1.27. The van der Waals surface area contributed by atoms with Crippen molar-refractivity contribution in [3.63, 3.8) is 0 Å².